The third kappa shape index (κ3) is 6.54. The molecular formula is C29H34N4O6S. The highest BCUT2D eigenvalue weighted by Crippen LogP contribution is 2.36. The highest BCUT2D eigenvalue weighted by atomic mass is 32.2. The minimum Gasteiger partial charge on any atom is -0.485 e. The first-order chi connectivity index (χ1) is 19.1. The Labute approximate surface area is 234 Å². The van der Waals surface area contributed by atoms with Crippen LogP contribution in [-0.4, -0.2) is 74.2 Å². The van der Waals surface area contributed by atoms with E-state index in [1.165, 1.54) is 23.1 Å². The van der Waals surface area contributed by atoms with Crippen molar-refractivity contribution in [3.63, 3.8) is 0 Å². The Morgan fingerprint density at radius 2 is 1.73 bits per heavy atom. The number of aliphatic hydroxyl groups excluding tert-OH is 1. The molecule has 1 aliphatic rings. The molecule has 0 radical (unpaired) electrons. The van der Waals surface area contributed by atoms with E-state index < -0.39 is 28.1 Å². The number of rotatable bonds is 8. The van der Waals surface area contributed by atoms with Crippen LogP contribution in [0.3, 0.4) is 0 Å². The van der Waals surface area contributed by atoms with Gasteiger partial charge < -0.3 is 25.0 Å². The zero-order valence-electron chi connectivity index (χ0n) is 22.7. The Kier molecular flexibility index (Phi) is 8.96. The van der Waals surface area contributed by atoms with Crippen molar-refractivity contribution in [1.82, 2.24) is 9.80 Å². The molecule has 3 N–H and O–H groups in total. The lowest BCUT2D eigenvalue weighted by molar-refractivity contribution is 0.0373. The molecule has 0 fully saturated rings. The van der Waals surface area contributed by atoms with Gasteiger partial charge in [-0.1, -0.05) is 49.4 Å². The van der Waals surface area contributed by atoms with Gasteiger partial charge >= 0.3 is 6.03 Å². The molecule has 0 aromatic heterocycles. The van der Waals surface area contributed by atoms with E-state index in [4.69, 9.17) is 4.74 Å². The third-order valence-electron chi connectivity index (χ3n) is 6.81. The molecule has 1 heterocycles. The number of fused-ring (bicyclic) bond motifs is 1. The normalized spacial score (nSPS) is 18.0. The number of nitrogens with one attached hydrogen (secondary N) is 2. The van der Waals surface area contributed by atoms with Crippen LogP contribution in [0.25, 0.3) is 0 Å². The van der Waals surface area contributed by atoms with E-state index in [1.54, 1.807) is 61.3 Å². The van der Waals surface area contributed by atoms with Crippen LogP contribution in [0.1, 0.15) is 24.2 Å². The molecule has 3 amide bonds. The number of aliphatic hydroxyl groups is 1. The summed E-state index contributed by atoms with van der Waals surface area (Å²) in [7, 11) is -2.36. The highest BCUT2D eigenvalue weighted by Gasteiger charge is 2.35. The summed E-state index contributed by atoms with van der Waals surface area (Å²) in [5, 5.41) is 12.7. The quantitative estimate of drug-likeness (QED) is 0.380. The summed E-state index contributed by atoms with van der Waals surface area (Å²) in [6.07, 6.45) is -0.617. The molecule has 0 spiro atoms. The molecular weight excluding hydrogens is 532 g/mol. The van der Waals surface area contributed by atoms with Crippen LogP contribution in [0.5, 0.6) is 5.75 Å². The van der Waals surface area contributed by atoms with Crippen LogP contribution in [0.4, 0.5) is 16.2 Å². The van der Waals surface area contributed by atoms with E-state index in [9.17, 15) is 23.1 Å². The molecule has 212 valence electrons. The second kappa shape index (κ2) is 12.4. The predicted octanol–water partition coefficient (Wildman–Crippen LogP) is 3.87. The van der Waals surface area contributed by atoms with Crippen molar-refractivity contribution in [2.45, 2.75) is 30.9 Å². The lowest BCUT2D eigenvalue weighted by atomic mass is 9.99. The molecule has 0 unspecified atom stereocenters. The van der Waals surface area contributed by atoms with Crippen LogP contribution in [0.2, 0.25) is 0 Å². The molecule has 10 nitrogen and oxygen atoms in total. The average Bonchev–Trinajstić information content (AvgIpc) is 2.95. The standard InChI is InChI=1S/C29H34N4O6S/c1-20-17-33(21(2)19-34)28(35)24-15-10-16-25(31-40(37,38)23-13-8-5-9-14-23)27(24)39-26(20)18-32(3)29(36)30-22-11-6-4-7-12-22/h4-16,20-21,26,31,34H,17-19H2,1-3H3,(H,30,36)/t20-,21-,26-/m1/s1. The summed E-state index contributed by atoms with van der Waals surface area (Å²) in [4.78, 5) is 29.7. The van der Waals surface area contributed by atoms with Gasteiger partial charge in [0.1, 0.15) is 6.10 Å². The van der Waals surface area contributed by atoms with Gasteiger partial charge in [0.2, 0.25) is 0 Å². The number of ether oxygens (including phenoxy) is 1. The second-order valence-corrected chi connectivity index (χ2v) is 11.6. The smallest absolute Gasteiger partial charge is 0.321 e. The van der Waals surface area contributed by atoms with Gasteiger partial charge in [0.15, 0.2) is 5.75 Å². The minimum absolute atomic E-state index is 0.0579. The van der Waals surface area contributed by atoms with E-state index in [1.807, 2.05) is 25.1 Å². The Hall–Kier alpha value is -4.09. The Morgan fingerprint density at radius 3 is 2.38 bits per heavy atom. The van der Waals surface area contributed by atoms with Gasteiger partial charge in [0, 0.05) is 25.2 Å². The zero-order valence-corrected chi connectivity index (χ0v) is 23.5. The van der Waals surface area contributed by atoms with Gasteiger partial charge in [0.25, 0.3) is 15.9 Å². The molecule has 0 bridgehead atoms. The van der Waals surface area contributed by atoms with Crippen LogP contribution in [-0.2, 0) is 10.0 Å². The number of carbonyl (C=O) groups is 2. The van der Waals surface area contributed by atoms with E-state index >= 15 is 0 Å². The maximum absolute atomic E-state index is 13.6. The zero-order chi connectivity index (χ0) is 28.9. The topological polar surface area (TPSA) is 128 Å². The molecule has 0 aliphatic carbocycles. The molecule has 0 saturated carbocycles. The second-order valence-electron chi connectivity index (χ2n) is 9.90. The number of urea groups is 1. The van der Waals surface area contributed by atoms with Crippen molar-refractivity contribution in [2.75, 3.05) is 36.8 Å². The van der Waals surface area contributed by atoms with E-state index in [-0.39, 0.29) is 53.5 Å². The van der Waals surface area contributed by atoms with Crippen molar-refractivity contribution < 1.29 is 27.9 Å². The van der Waals surface area contributed by atoms with Crippen molar-refractivity contribution in [1.29, 1.82) is 0 Å². The van der Waals surface area contributed by atoms with Gasteiger partial charge in [-0.25, -0.2) is 13.2 Å². The van der Waals surface area contributed by atoms with Crippen LogP contribution in [0, 0.1) is 5.92 Å². The number of benzene rings is 3. The summed E-state index contributed by atoms with van der Waals surface area (Å²) in [5.74, 6) is -0.606. The number of nitrogens with zero attached hydrogens (tertiary/aromatic N) is 2. The summed E-state index contributed by atoms with van der Waals surface area (Å²) >= 11 is 0. The predicted molar refractivity (Wildman–Crippen MR) is 153 cm³/mol. The molecule has 3 aromatic carbocycles. The summed E-state index contributed by atoms with van der Waals surface area (Å²) < 4.78 is 35.3. The first-order valence-electron chi connectivity index (χ1n) is 13.0. The van der Waals surface area contributed by atoms with Crippen molar-refractivity contribution in [3.05, 3.63) is 84.4 Å². The Morgan fingerprint density at radius 1 is 1.07 bits per heavy atom. The summed E-state index contributed by atoms with van der Waals surface area (Å²) in [5.41, 5.74) is 0.895. The molecule has 4 rings (SSSR count). The Balaban J connectivity index is 1.69. The van der Waals surface area contributed by atoms with Gasteiger partial charge in [-0.2, -0.15) is 0 Å². The molecule has 3 aromatic rings. The van der Waals surface area contributed by atoms with Crippen LogP contribution < -0.4 is 14.8 Å². The van der Waals surface area contributed by atoms with E-state index in [0.29, 0.717) is 5.69 Å². The van der Waals surface area contributed by atoms with Gasteiger partial charge in [-0.05, 0) is 43.3 Å². The number of para-hydroxylation sites is 2. The summed E-state index contributed by atoms with van der Waals surface area (Å²) in [6, 6.07) is 20.8. The largest absolute Gasteiger partial charge is 0.485 e. The molecule has 40 heavy (non-hydrogen) atoms. The summed E-state index contributed by atoms with van der Waals surface area (Å²) in [6.45, 7) is 3.79. The number of anilines is 2. The monoisotopic (exact) mass is 566 g/mol. The number of amides is 3. The molecule has 3 atom stereocenters. The maximum Gasteiger partial charge on any atom is 0.321 e. The van der Waals surface area contributed by atoms with Crippen LogP contribution >= 0.6 is 0 Å². The molecule has 11 heteroatoms. The lowest BCUT2D eigenvalue weighted by Gasteiger charge is -2.38. The molecule has 1 aliphatic heterocycles. The van der Waals surface area contributed by atoms with Crippen molar-refractivity contribution in [3.8, 4) is 5.75 Å². The number of likely N-dealkylation sites (N-methyl/N-ethyl adjacent to an activating group) is 1. The van der Waals surface area contributed by atoms with Crippen molar-refractivity contribution in [2.24, 2.45) is 5.92 Å². The third-order valence-corrected chi connectivity index (χ3v) is 8.20. The Bertz CT molecular complexity index is 1440. The fraction of sp³-hybridized carbons (Fsp3) is 0.310. The lowest BCUT2D eigenvalue weighted by Crippen LogP contribution is -2.50. The van der Waals surface area contributed by atoms with Gasteiger partial charge in [0.05, 0.1) is 35.3 Å². The highest BCUT2D eigenvalue weighted by molar-refractivity contribution is 7.92. The first-order valence-corrected chi connectivity index (χ1v) is 14.5. The van der Waals surface area contributed by atoms with Crippen molar-refractivity contribution >= 4 is 33.3 Å². The fourth-order valence-electron chi connectivity index (χ4n) is 4.44. The van der Waals surface area contributed by atoms with Crippen LogP contribution in [0.15, 0.2) is 83.8 Å². The maximum atomic E-state index is 13.6. The average molecular weight is 567 g/mol. The van der Waals surface area contributed by atoms with E-state index in [0.717, 1.165) is 0 Å². The number of hydrogen-bond acceptors (Lipinski definition) is 6. The number of sulfonamides is 1. The molecule has 0 saturated heterocycles. The van der Waals surface area contributed by atoms with Gasteiger partial charge in [-0.15, -0.1) is 0 Å². The van der Waals surface area contributed by atoms with Gasteiger partial charge in [-0.3, -0.25) is 9.52 Å². The van der Waals surface area contributed by atoms with E-state index in [2.05, 4.69) is 10.0 Å². The minimum atomic E-state index is -3.99. The number of carbonyl (C=O) groups excluding carboxylic acids is 2. The first kappa shape index (κ1) is 28.9. The number of hydrogen-bond donors (Lipinski definition) is 3. The fourth-order valence-corrected chi connectivity index (χ4v) is 5.52. The SMILES string of the molecule is C[C@@H]1CN([C@H](C)CO)C(=O)c2cccc(NS(=O)(=O)c3ccccc3)c2O[C@@H]1CN(C)C(=O)Nc1ccccc1.